The third-order valence-electron chi connectivity index (χ3n) is 3.67. The van der Waals surface area contributed by atoms with Crippen LogP contribution in [-0.2, 0) is 29.1 Å². The van der Waals surface area contributed by atoms with Gasteiger partial charge in [0, 0.05) is 13.5 Å². The van der Waals surface area contributed by atoms with Gasteiger partial charge in [0.25, 0.3) is 0 Å². The molecule has 8 heteroatoms. The first kappa shape index (κ1) is 20.0. The summed E-state index contributed by atoms with van der Waals surface area (Å²) in [4.78, 5) is 23.3. The lowest BCUT2D eigenvalue weighted by Crippen LogP contribution is -2.49. The third kappa shape index (κ3) is 4.66. The molecule has 26 heavy (non-hydrogen) atoms. The molecule has 1 aliphatic heterocycles. The molecule has 0 unspecified atom stereocenters. The standard InChI is InChI=1S/C18H21NO6S/c1-4-11-19(26(22,23)16-8-5-13(2)6-9-16)18-17(21)10-7-15(25-18)12-24-14(3)20/h4-10,15,18H,1,11-12H2,2-3H3/t15-,18-/m0/s1. The molecule has 0 radical (unpaired) electrons. The lowest BCUT2D eigenvalue weighted by atomic mass is 10.2. The van der Waals surface area contributed by atoms with Crippen LogP contribution in [0.15, 0.2) is 54.0 Å². The quantitative estimate of drug-likeness (QED) is 0.528. The van der Waals surface area contributed by atoms with Crippen LogP contribution in [0.2, 0.25) is 0 Å². The fourth-order valence-electron chi connectivity index (χ4n) is 2.36. The molecule has 1 aromatic carbocycles. The number of hydrogen-bond donors (Lipinski definition) is 0. The number of nitrogens with zero attached hydrogens (tertiary/aromatic N) is 1. The fourth-order valence-corrected chi connectivity index (χ4v) is 3.82. The van der Waals surface area contributed by atoms with Gasteiger partial charge < -0.3 is 9.47 Å². The smallest absolute Gasteiger partial charge is 0.302 e. The van der Waals surface area contributed by atoms with Gasteiger partial charge in [-0.15, -0.1) is 6.58 Å². The molecule has 0 bridgehead atoms. The Morgan fingerprint density at radius 1 is 1.35 bits per heavy atom. The Hall–Kier alpha value is -2.29. The van der Waals surface area contributed by atoms with Crippen molar-refractivity contribution in [1.82, 2.24) is 4.31 Å². The number of carbonyl (C=O) groups excluding carboxylic acids is 2. The van der Waals surface area contributed by atoms with Gasteiger partial charge in [0.1, 0.15) is 12.7 Å². The van der Waals surface area contributed by atoms with Gasteiger partial charge in [-0.3, -0.25) is 9.59 Å². The highest BCUT2D eigenvalue weighted by Gasteiger charge is 2.38. The topological polar surface area (TPSA) is 90.0 Å². The summed E-state index contributed by atoms with van der Waals surface area (Å²) in [5, 5.41) is 0. The van der Waals surface area contributed by atoms with Crippen molar-refractivity contribution < 1.29 is 27.5 Å². The van der Waals surface area contributed by atoms with Crippen LogP contribution in [-0.4, -0.2) is 50.0 Å². The summed E-state index contributed by atoms with van der Waals surface area (Å²) >= 11 is 0. The van der Waals surface area contributed by atoms with Crippen LogP contribution >= 0.6 is 0 Å². The minimum Gasteiger partial charge on any atom is -0.463 e. The highest BCUT2D eigenvalue weighted by atomic mass is 32.2. The summed E-state index contributed by atoms with van der Waals surface area (Å²) in [7, 11) is -3.99. The monoisotopic (exact) mass is 379 g/mol. The molecule has 0 saturated heterocycles. The van der Waals surface area contributed by atoms with Gasteiger partial charge >= 0.3 is 5.97 Å². The molecular formula is C18H21NO6S. The fraction of sp³-hybridized carbons (Fsp3) is 0.333. The Morgan fingerprint density at radius 3 is 2.58 bits per heavy atom. The maximum atomic E-state index is 13.0. The summed E-state index contributed by atoms with van der Waals surface area (Å²) < 4.78 is 37.4. The maximum Gasteiger partial charge on any atom is 0.302 e. The molecule has 1 heterocycles. The Balaban J connectivity index is 2.31. The average Bonchev–Trinajstić information content (AvgIpc) is 2.59. The Kier molecular flexibility index (Phi) is 6.47. The van der Waals surface area contributed by atoms with Crippen LogP contribution in [0, 0.1) is 6.92 Å². The van der Waals surface area contributed by atoms with Crippen molar-refractivity contribution in [3.8, 4) is 0 Å². The SMILES string of the molecule is C=CCN([C@H]1O[C@H](COC(C)=O)C=CC1=O)S(=O)(=O)c1ccc(C)cc1. The molecule has 0 saturated carbocycles. The van der Waals surface area contributed by atoms with Gasteiger partial charge in [0.15, 0.2) is 12.0 Å². The van der Waals surface area contributed by atoms with Gasteiger partial charge in [-0.25, -0.2) is 8.42 Å². The van der Waals surface area contributed by atoms with E-state index in [4.69, 9.17) is 9.47 Å². The number of sulfonamides is 1. The Labute approximate surface area is 152 Å². The molecule has 1 aromatic rings. The Morgan fingerprint density at radius 2 is 2.00 bits per heavy atom. The van der Waals surface area contributed by atoms with Gasteiger partial charge in [-0.05, 0) is 31.2 Å². The van der Waals surface area contributed by atoms with Crippen molar-refractivity contribution in [2.75, 3.05) is 13.2 Å². The van der Waals surface area contributed by atoms with E-state index in [2.05, 4.69) is 6.58 Å². The van der Waals surface area contributed by atoms with Crippen molar-refractivity contribution in [3.05, 3.63) is 54.6 Å². The highest BCUT2D eigenvalue weighted by Crippen LogP contribution is 2.23. The number of rotatable bonds is 7. The predicted molar refractivity (Wildman–Crippen MR) is 94.7 cm³/mol. The maximum absolute atomic E-state index is 13.0. The van der Waals surface area contributed by atoms with E-state index in [1.54, 1.807) is 12.1 Å². The zero-order chi connectivity index (χ0) is 19.3. The van der Waals surface area contributed by atoms with Gasteiger partial charge in [0.2, 0.25) is 10.0 Å². The van der Waals surface area contributed by atoms with Gasteiger partial charge in [-0.2, -0.15) is 4.31 Å². The van der Waals surface area contributed by atoms with Gasteiger partial charge in [-0.1, -0.05) is 23.8 Å². The second-order valence-electron chi connectivity index (χ2n) is 5.77. The van der Waals surface area contributed by atoms with Crippen LogP contribution < -0.4 is 0 Å². The first-order valence-corrected chi connectivity index (χ1v) is 9.40. The summed E-state index contributed by atoms with van der Waals surface area (Å²) in [5.74, 6) is -1.01. The summed E-state index contributed by atoms with van der Waals surface area (Å²) in [6, 6.07) is 6.29. The van der Waals surface area contributed by atoms with Crippen LogP contribution in [0.25, 0.3) is 0 Å². The summed E-state index contributed by atoms with van der Waals surface area (Å²) in [6.45, 7) is 6.43. The molecule has 2 atom stereocenters. The molecule has 0 amide bonds. The van der Waals surface area contributed by atoms with Crippen LogP contribution in [0.3, 0.4) is 0 Å². The minimum atomic E-state index is -3.99. The van der Waals surface area contributed by atoms with E-state index in [1.807, 2.05) is 6.92 Å². The second kappa shape index (κ2) is 8.39. The molecule has 1 aliphatic rings. The van der Waals surface area contributed by atoms with Crippen molar-refractivity contribution in [2.45, 2.75) is 31.1 Å². The predicted octanol–water partition coefficient (Wildman–Crippen LogP) is 1.59. The van der Waals surface area contributed by atoms with E-state index in [0.717, 1.165) is 9.87 Å². The summed E-state index contributed by atoms with van der Waals surface area (Å²) in [5.41, 5.74) is 0.911. The zero-order valence-corrected chi connectivity index (χ0v) is 15.4. The Bertz CT molecular complexity index is 813. The first-order valence-electron chi connectivity index (χ1n) is 7.96. The van der Waals surface area contributed by atoms with Crippen molar-refractivity contribution in [3.63, 3.8) is 0 Å². The molecule has 0 spiro atoms. The van der Waals surface area contributed by atoms with Crippen molar-refractivity contribution in [1.29, 1.82) is 0 Å². The number of carbonyl (C=O) groups is 2. The molecule has 0 aliphatic carbocycles. The lowest BCUT2D eigenvalue weighted by Gasteiger charge is -2.32. The number of aryl methyl sites for hydroxylation is 1. The zero-order valence-electron chi connectivity index (χ0n) is 14.6. The van der Waals surface area contributed by atoms with Gasteiger partial charge in [0.05, 0.1) is 4.90 Å². The van der Waals surface area contributed by atoms with E-state index in [9.17, 15) is 18.0 Å². The van der Waals surface area contributed by atoms with Crippen LogP contribution in [0.1, 0.15) is 12.5 Å². The normalized spacial score (nSPS) is 20.2. The average molecular weight is 379 g/mol. The second-order valence-corrected chi connectivity index (χ2v) is 7.66. The number of ketones is 1. The molecule has 0 N–H and O–H groups in total. The van der Waals surface area contributed by atoms with E-state index in [1.165, 1.54) is 37.3 Å². The van der Waals surface area contributed by atoms with Crippen LogP contribution in [0.4, 0.5) is 0 Å². The molecular weight excluding hydrogens is 358 g/mol. The third-order valence-corrected chi connectivity index (χ3v) is 5.50. The molecule has 140 valence electrons. The van der Waals surface area contributed by atoms with Crippen molar-refractivity contribution in [2.24, 2.45) is 0 Å². The first-order chi connectivity index (χ1) is 12.3. The summed E-state index contributed by atoms with van der Waals surface area (Å²) in [6.07, 6.45) is 1.98. The number of esters is 1. The van der Waals surface area contributed by atoms with E-state index >= 15 is 0 Å². The minimum absolute atomic E-state index is 0.0486. The van der Waals surface area contributed by atoms with Crippen molar-refractivity contribution >= 4 is 21.8 Å². The lowest BCUT2D eigenvalue weighted by molar-refractivity contribution is -0.152. The van der Waals surface area contributed by atoms with E-state index in [0.29, 0.717) is 0 Å². The van der Waals surface area contributed by atoms with E-state index in [-0.39, 0.29) is 18.0 Å². The molecule has 2 rings (SSSR count). The highest BCUT2D eigenvalue weighted by molar-refractivity contribution is 7.89. The van der Waals surface area contributed by atoms with Crippen LogP contribution in [0.5, 0.6) is 0 Å². The largest absolute Gasteiger partial charge is 0.463 e. The number of hydrogen-bond acceptors (Lipinski definition) is 6. The number of ether oxygens (including phenoxy) is 2. The number of benzene rings is 1. The molecule has 0 fully saturated rings. The van der Waals surface area contributed by atoms with E-state index < -0.39 is 34.1 Å². The molecule has 0 aromatic heterocycles. The molecule has 7 nitrogen and oxygen atoms in total.